The number of carbonyl (C=O) groups excluding carboxylic acids is 1. The van der Waals surface area contributed by atoms with Crippen LogP contribution in [-0.2, 0) is 11.2 Å². The molecule has 1 aliphatic rings. The Labute approximate surface area is 125 Å². The van der Waals surface area contributed by atoms with Gasteiger partial charge < -0.3 is 10.6 Å². The number of amides is 1. The molecule has 1 aromatic rings. The molecule has 1 aliphatic heterocycles. The maximum Gasteiger partial charge on any atom is 0.222 e. The molecule has 0 saturated carbocycles. The topological polar surface area (TPSA) is 46.3 Å². The van der Waals surface area contributed by atoms with Gasteiger partial charge in [0.05, 0.1) is 0 Å². The lowest BCUT2D eigenvalue weighted by atomic mass is 10.1. The quantitative estimate of drug-likeness (QED) is 0.871. The number of nitrogens with two attached hydrogens (primary N) is 1. The van der Waals surface area contributed by atoms with Crippen molar-refractivity contribution in [2.24, 2.45) is 0 Å². The van der Waals surface area contributed by atoms with Crippen molar-refractivity contribution in [1.29, 1.82) is 0 Å². The molecule has 0 spiro atoms. The zero-order chi connectivity index (χ0) is 14.6. The van der Waals surface area contributed by atoms with Gasteiger partial charge in [0.25, 0.3) is 0 Å². The van der Waals surface area contributed by atoms with Crippen LogP contribution >= 0.6 is 11.8 Å². The Kier molecular flexibility index (Phi) is 4.97. The van der Waals surface area contributed by atoms with Crippen LogP contribution in [0.3, 0.4) is 0 Å². The van der Waals surface area contributed by atoms with Crippen LogP contribution in [0.15, 0.2) is 24.3 Å². The molecular weight excluding hydrogens is 268 g/mol. The molecule has 2 rings (SSSR count). The Morgan fingerprint density at radius 1 is 1.30 bits per heavy atom. The first kappa shape index (κ1) is 15.2. The fraction of sp³-hybridized carbons (Fsp3) is 0.562. The number of carbonyl (C=O) groups is 1. The molecule has 0 aromatic heterocycles. The summed E-state index contributed by atoms with van der Waals surface area (Å²) in [6.45, 7) is 6.30. The molecule has 1 saturated heterocycles. The van der Waals surface area contributed by atoms with E-state index in [-0.39, 0.29) is 5.91 Å². The number of rotatable bonds is 3. The second-order valence-corrected chi connectivity index (χ2v) is 7.78. The number of aryl methyl sites for hydroxylation is 1. The summed E-state index contributed by atoms with van der Waals surface area (Å²) >= 11 is 1.97. The lowest BCUT2D eigenvalue weighted by Crippen LogP contribution is -2.33. The van der Waals surface area contributed by atoms with Gasteiger partial charge in [-0.1, -0.05) is 26.0 Å². The molecule has 3 nitrogen and oxygen atoms in total. The van der Waals surface area contributed by atoms with Gasteiger partial charge in [-0.25, -0.2) is 0 Å². The largest absolute Gasteiger partial charge is 0.399 e. The van der Waals surface area contributed by atoms with E-state index < -0.39 is 0 Å². The van der Waals surface area contributed by atoms with Crippen molar-refractivity contribution in [3.8, 4) is 0 Å². The smallest absolute Gasteiger partial charge is 0.222 e. The molecule has 4 heteroatoms. The predicted molar refractivity (Wildman–Crippen MR) is 86.9 cm³/mol. The molecule has 0 aliphatic carbocycles. The van der Waals surface area contributed by atoms with E-state index in [1.807, 2.05) is 40.9 Å². The van der Waals surface area contributed by atoms with Gasteiger partial charge in [0.2, 0.25) is 5.91 Å². The lowest BCUT2D eigenvalue weighted by Gasteiger charge is -2.22. The van der Waals surface area contributed by atoms with E-state index in [1.54, 1.807) is 0 Å². The van der Waals surface area contributed by atoms with Crippen molar-refractivity contribution in [2.45, 2.75) is 37.9 Å². The van der Waals surface area contributed by atoms with Crippen LogP contribution in [-0.4, -0.2) is 34.4 Å². The van der Waals surface area contributed by atoms with Crippen molar-refractivity contribution in [3.05, 3.63) is 29.8 Å². The molecule has 110 valence electrons. The average Bonchev–Trinajstić information content (AvgIpc) is 2.59. The van der Waals surface area contributed by atoms with Crippen LogP contribution < -0.4 is 5.73 Å². The van der Waals surface area contributed by atoms with E-state index in [0.29, 0.717) is 11.2 Å². The summed E-state index contributed by atoms with van der Waals surface area (Å²) in [6, 6.07) is 7.80. The van der Waals surface area contributed by atoms with Gasteiger partial charge in [-0.2, -0.15) is 11.8 Å². The maximum atomic E-state index is 12.3. The average molecular weight is 292 g/mol. The third-order valence-electron chi connectivity index (χ3n) is 3.80. The van der Waals surface area contributed by atoms with Crippen LogP contribution in [0.2, 0.25) is 0 Å². The van der Waals surface area contributed by atoms with E-state index in [0.717, 1.165) is 37.4 Å². The highest BCUT2D eigenvalue weighted by Gasteiger charge is 2.25. The third kappa shape index (κ3) is 4.44. The number of hydrogen-bond donors (Lipinski definition) is 1. The summed E-state index contributed by atoms with van der Waals surface area (Å²) < 4.78 is 0.298. The summed E-state index contributed by atoms with van der Waals surface area (Å²) in [6.07, 6.45) is 2.46. The maximum absolute atomic E-state index is 12.3. The molecule has 20 heavy (non-hydrogen) atoms. The zero-order valence-electron chi connectivity index (χ0n) is 12.4. The molecule has 1 heterocycles. The fourth-order valence-electron chi connectivity index (χ4n) is 2.36. The van der Waals surface area contributed by atoms with Gasteiger partial charge >= 0.3 is 0 Å². The van der Waals surface area contributed by atoms with E-state index >= 15 is 0 Å². The number of hydrogen-bond acceptors (Lipinski definition) is 3. The molecule has 0 atom stereocenters. The molecular formula is C16H24N2OS. The Hall–Kier alpha value is -1.16. The minimum atomic E-state index is 0.278. The Morgan fingerprint density at radius 2 is 2.00 bits per heavy atom. The lowest BCUT2D eigenvalue weighted by molar-refractivity contribution is -0.130. The normalized spacial score (nSPS) is 18.6. The number of nitrogens with zero attached hydrogens (tertiary/aromatic N) is 1. The summed E-state index contributed by atoms with van der Waals surface area (Å²) in [4.78, 5) is 14.3. The first-order valence-electron chi connectivity index (χ1n) is 7.22. The van der Waals surface area contributed by atoms with Gasteiger partial charge in [0.1, 0.15) is 0 Å². The molecule has 1 fully saturated rings. The number of thioether (sulfide) groups is 1. The minimum Gasteiger partial charge on any atom is -0.399 e. The number of nitrogen functional groups attached to an aromatic ring is 1. The standard InChI is InChI=1S/C16H24N2OS/c1-16(2)9-10-18(11-12-20-16)15(19)8-5-13-3-6-14(17)7-4-13/h3-4,6-7H,5,8-12,17H2,1-2H3. The first-order chi connectivity index (χ1) is 9.46. The number of benzene rings is 1. The monoisotopic (exact) mass is 292 g/mol. The third-order valence-corrected chi connectivity index (χ3v) is 5.17. The van der Waals surface area contributed by atoms with Gasteiger partial charge in [-0.3, -0.25) is 4.79 Å². The molecule has 0 bridgehead atoms. The summed E-state index contributed by atoms with van der Waals surface area (Å²) in [7, 11) is 0. The fourth-order valence-corrected chi connectivity index (χ4v) is 3.46. The second kappa shape index (κ2) is 6.53. The minimum absolute atomic E-state index is 0.278. The van der Waals surface area contributed by atoms with Crippen molar-refractivity contribution in [2.75, 3.05) is 24.6 Å². The van der Waals surface area contributed by atoms with Gasteiger partial charge in [0, 0.05) is 35.7 Å². The van der Waals surface area contributed by atoms with Crippen LogP contribution in [0.25, 0.3) is 0 Å². The van der Waals surface area contributed by atoms with Crippen molar-refractivity contribution >= 4 is 23.4 Å². The Bertz CT molecular complexity index is 456. The zero-order valence-corrected chi connectivity index (χ0v) is 13.2. The molecule has 2 N–H and O–H groups in total. The summed E-state index contributed by atoms with van der Waals surface area (Å²) in [5.41, 5.74) is 7.61. The molecule has 0 radical (unpaired) electrons. The van der Waals surface area contributed by atoms with Crippen molar-refractivity contribution in [1.82, 2.24) is 4.90 Å². The SMILES string of the molecule is CC1(C)CCN(C(=O)CCc2ccc(N)cc2)CCS1. The second-order valence-electron chi connectivity index (χ2n) is 5.98. The van der Waals surface area contributed by atoms with Gasteiger partial charge in [-0.05, 0) is 30.5 Å². The Balaban J connectivity index is 1.84. The van der Waals surface area contributed by atoms with E-state index in [1.165, 1.54) is 5.56 Å². The highest BCUT2D eigenvalue weighted by atomic mass is 32.2. The Morgan fingerprint density at radius 3 is 2.70 bits per heavy atom. The molecule has 0 unspecified atom stereocenters. The highest BCUT2D eigenvalue weighted by Crippen LogP contribution is 2.30. The number of anilines is 1. The first-order valence-corrected chi connectivity index (χ1v) is 8.21. The van der Waals surface area contributed by atoms with Crippen LogP contribution in [0, 0.1) is 0 Å². The molecule has 1 amide bonds. The van der Waals surface area contributed by atoms with Crippen LogP contribution in [0.5, 0.6) is 0 Å². The van der Waals surface area contributed by atoms with E-state index in [4.69, 9.17) is 5.73 Å². The van der Waals surface area contributed by atoms with Gasteiger partial charge in [-0.15, -0.1) is 0 Å². The van der Waals surface area contributed by atoms with Crippen LogP contribution in [0.1, 0.15) is 32.3 Å². The highest BCUT2D eigenvalue weighted by molar-refractivity contribution is 8.00. The van der Waals surface area contributed by atoms with Crippen molar-refractivity contribution < 1.29 is 4.79 Å². The van der Waals surface area contributed by atoms with Gasteiger partial charge in [0.15, 0.2) is 0 Å². The van der Waals surface area contributed by atoms with E-state index in [2.05, 4.69) is 13.8 Å². The predicted octanol–water partition coefficient (Wildman–Crippen LogP) is 2.95. The summed E-state index contributed by atoms with van der Waals surface area (Å²) in [5, 5.41) is 0. The molecule has 1 aromatic carbocycles. The van der Waals surface area contributed by atoms with E-state index in [9.17, 15) is 4.79 Å². The van der Waals surface area contributed by atoms with Crippen LogP contribution in [0.4, 0.5) is 5.69 Å². The summed E-state index contributed by atoms with van der Waals surface area (Å²) in [5.74, 6) is 1.32. The van der Waals surface area contributed by atoms with Crippen molar-refractivity contribution in [3.63, 3.8) is 0 Å².